The fourth-order valence-corrected chi connectivity index (χ4v) is 1.49. The number of aromatic nitrogens is 2. The zero-order valence-electron chi connectivity index (χ0n) is 9.01. The molecule has 0 spiro atoms. The van der Waals surface area contributed by atoms with Crippen molar-refractivity contribution in [3.63, 3.8) is 0 Å². The molecule has 1 aromatic carbocycles. The van der Waals surface area contributed by atoms with Crippen LogP contribution >= 0.6 is 11.6 Å². The van der Waals surface area contributed by atoms with Crippen molar-refractivity contribution < 1.29 is 14.2 Å². The first-order chi connectivity index (χ1) is 8.22. The van der Waals surface area contributed by atoms with Crippen LogP contribution in [0.25, 0.3) is 0 Å². The highest BCUT2D eigenvalue weighted by Gasteiger charge is 2.10. The summed E-state index contributed by atoms with van der Waals surface area (Å²) in [6.07, 6.45) is 0.658. The van der Waals surface area contributed by atoms with Gasteiger partial charge in [0, 0.05) is 0 Å². The molecular formula is C11H9ClN2O3. The van der Waals surface area contributed by atoms with E-state index >= 15 is 0 Å². The first-order valence-corrected chi connectivity index (χ1v) is 5.24. The van der Waals surface area contributed by atoms with Crippen LogP contribution in [-0.4, -0.2) is 16.6 Å². The highest BCUT2D eigenvalue weighted by Crippen LogP contribution is 2.25. The van der Waals surface area contributed by atoms with Gasteiger partial charge in [0.25, 0.3) is 0 Å². The Hall–Kier alpha value is -1.88. The molecule has 1 aromatic heterocycles. The van der Waals surface area contributed by atoms with Crippen molar-refractivity contribution in [2.24, 2.45) is 0 Å². The van der Waals surface area contributed by atoms with Gasteiger partial charge in [0.2, 0.25) is 0 Å². The van der Waals surface area contributed by atoms with E-state index in [2.05, 4.69) is 14.9 Å². The van der Waals surface area contributed by atoms with E-state index in [1.54, 1.807) is 25.1 Å². The van der Waals surface area contributed by atoms with E-state index in [4.69, 9.17) is 16.3 Å². The Balaban J connectivity index is 2.17. The molecule has 0 fully saturated rings. The van der Waals surface area contributed by atoms with Gasteiger partial charge in [-0.25, -0.2) is 4.63 Å². The Morgan fingerprint density at radius 1 is 1.47 bits per heavy atom. The molecule has 88 valence electrons. The molecule has 17 heavy (non-hydrogen) atoms. The van der Waals surface area contributed by atoms with E-state index in [0.29, 0.717) is 34.0 Å². The number of carbonyl (C=O) groups excluding carboxylic acids is 1. The van der Waals surface area contributed by atoms with Crippen LogP contribution in [0.1, 0.15) is 21.7 Å². The molecule has 0 saturated heterocycles. The number of ether oxygens (including phenoxy) is 1. The average molecular weight is 253 g/mol. The summed E-state index contributed by atoms with van der Waals surface area (Å²) < 4.78 is 9.99. The first kappa shape index (κ1) is 11.6. The summed E-state index contributed by atoms with van der Waals surface area (Å²) in [5.74, 6) is 0.412. The molecule has 0 aliphatic rings. The first-order valence-electron chi connectivity index (χ1n) is 4.87. The van der Waals surface area contributed by atoms with E-state index in [-0.39, 0.29) is 6.61 Å². The second-order valence-electron chi connectivity index (χ2n) is 3.35. The Kier molecular flexibility index (Phi) is 3.39. The molecule has 0 N–H and O–H groups in total. The molecule has 2 rings (SSSR count). The van der Waals surface area contributed by atoms with Crippen LogP contribution < -0.4 is 4.74 Å². The molecule has 6 heteroatoms. The number of halogens is 1. The standard InChI is InChI=1S/C11H9ClN2O3/c1-7-10(14-17-13-7)6-16-11-4-2-3-9(12)8(11)5-15/h2-5H,6H2,1H3. The molecule has 1 heterocycles. The molecule has 0 aliphatic carbocycles. The number of carbonyl (C=O) groups is 1. The molecule has 0 atom stereocenters. The molecule has 0 aliphatic heterocycles. The van der Waals surface area contributed by atoms with Crippen LogP contribution in [0.2, 0.25) is 5.02 Å². The molecular weight excluding hydrogens is 244 g/mol. The van der Waals surface area contributed by atoms with Gasteiger partial charge < -0.3 is 4.74 Å². The number of aryl methyl sites for hydroxylation is 1. The second kappa shape index (κ2) is 4.97. The number of hydrogen-bond acceptors (Lipinski definition) is 5. The summed E-state index contributed by atoms with van der Waals surface area (Å²) >= 11 is 5.86. The van der Waals surface area contributed by atoms with Gasteiger partial charge in [0.05, 0.1) is 10.6 Å². The van der Waals surface area contributed by atoms with Crippen molar-refractivity contribution in [1.29, 1.82) is 0 Å². The van der Waals surface area contributed by atoms with Gasteiger partial charge in [-0.15, -0.1) is 0 Å². The predicted molar refractivity (Wildman–Crippen MR) is 60.2 cm³/mol. The Labute approximate surface area is 102 Å². The summed E-state index contributed by atoms with van der Waals surface area (Å²) in [5, 5.41) is 7.66. The number of aldehydes is 1. The van der Waals surface area contributed by atoms with Gasteiger partial charge in [-0.3, -0.25) is 4.79 Å². The number of benzene rings is 1. The van der Waals surface area contributed by atoms with E-state index in [1.807, 2.05) is 0 Å². The topological polar surface area (TPSA) is 65.2 Å². The van der Waals surface area contributed by atoms with E-state index in [9.17, 15) is 4.79 Å². The van der Waals surface area contributed by atoms with Gasteiger partial charge in [0.1, 0.15) is 23.7 Å². The zero-order chi connectivity index (χ0) is 12.3. The molecule has 0 bridgehead atoms. The van der Waals surface area contributed by atoms with Crippen molar-refractivity contribution in [3.05, 3.63) is 40.2 Å². The van der Waals surface area contributed by atoms with E-state index in [1.165, 1.54) is 0 Å². The predicted octanol–water partition coefficient (Wildman–Crippen LogP) is 2.42. The third-order valence-electron chi connectivity index (χ3n) is 2.24. The van der Waals surface area contributed by atoms with Crippen LogP contribution in [0.5, 0.6) is 5.75 Å². The normalized spacial score (nSPS) is 10.2. The summed E-state index contributed by atoms with van der Waals surface area (Å²) in [4.78, 5) is 10.9. The van der Waals surface area contributed by atoms with Crippen LogP contribution in [0.15, 0.2) is 22.8 Å². The molecule has 0 amide bonds. The molecule has 0 radical (unpaired) electrons. The van der Waals surface area contributed by atoms with Gasteiger partial charge in [-0.2, -0.15) is 0 Å². The summed E-state index contributed by atoms with van der Waals surface area (Å²) in [6.45, 7) is 1.93. The summed E-state index contributed by atoms with van der Waals surface area (Å²) in [6, 6.07) is 5.00. The number of rotatable bonds is 4. The lowest BCUT2D eigenvalue weighted by atomic mass is 10.2. The van der Waals surface area contributed by atoms with E-state index in [0.717, 1.165) is 0 Å². The van der Waals surface area contributed by atoms with Crippen molar-refractivity contribution in [1.82, 2.24) is 10.3 Å². The van der Waals surface area contributed by atoms with Crippen LogP contribution in [0, 0.1) is 6.92 Å². The minimum absolute atomic E-state index is 0.177. The smallest absolute Gasteiger partial charge is 0.155 e. The molecule has 0 unspecified atom stereocenters. The van der Waals surface area contributed by atoms with Crippen LogP contribution in [0.3, 0.4) is 0 Å². The lowest BCUT2D eigenvalue weighted by Gasteiger charge is -2.07. The minimum Gasteiger partial charge on any atom is -0.486 e. The van der Waals surface area contributed by atoms with Gasteiger partial charge >= 0.3 is 0 Å². The SMILES string of the molecule is Cc1nonc1COc1cccc(Cl)c1C=O. The molecule has 2 aromatic rings. The van der Waals surface area contributed by atoms with Crippen molar-refractivity contribution in [3.8, 4) is 5.75 Å². The highest BCUT2D eigenvalue weighted by atomic mass is 35.5. The van der Waals surface area contributed by atoms with Crippen LogP contribution in [0.4, 0.5) is 0 Å². The van der Waals surface area contributed by atoms with Crippen molar-refractivity contribution >= 4 is 17.9 Å². The minimum atomic E-state index is 0.177. The van der Waals surface area contributed by atoms with Crippen LogP contribution in [-0.2, 0) is 6.61 Å². The summed E-state index contributed by atoms with van der Waals surface area (Å²) in [7, 11) is 0. The number of nitrogens with zero attached hydrogens (tertiary/aromatic N) is 2. The fourth-order valence-electron chi connectivity index (χ4n) is 1.28. The largest absolute Gasteiger partial charge is 0.486 e. The van der Waals surface area contributed by atoms with Gasteiger partial charge in [-0.05, 0) is 19.1 Å². The average Bonchev–Trinajstić information content (AvgIpc) is 2.72. The third-order valence-corrected chi connectivity index (χ3v) is 2.57. The Morgan fingerprint density at radius 3 is 2.94 bits per heavy atom. The Bertz CT molecular complexity index is 539. The molecule has 5 nitrogen and oxygen atoms in total. The van der Waals surface area contributed by atoms with Gasteiger partial charge in [-0.1, -0.05) is 28.0 Å². The molecule has 0 saturated carbocycles. The maximum absolute atomic E-state index is 10.9. The lowest BCUT2D eigenvalue weighted by Crippen LogP contribution is -2.00. The monoisotopic (exact) mass is 252 g/mol. The highest BCUT2D eigenvalue weighted by molar-refractivity contribution is 6.33. The second-order valence-corrected chi connectivity index (χ2v) is 3.76. The lowest BCUT2D eigenvalue weighted by molar-refractivity contribution is 0.111. The van der Waals surface area contributed by atoms with Crippen molar-refractivity contribution in [2.75, 3.05) is 0 Å². The zero-order valence-corrected chi connectivity index (χ0v) is 9.77. The Morgan fingerprint density at radius 2 is 2.29 bits per heavy atom. The maximum Gasteiger partial charge on any atom is 0.155 e. The van der Waals surface area contributed by atoms with E-state index < -0.39 is 0 Å². The van der Waals surface area contributed by atoms with Gasteiger partial charge in [0.15, 0.2) is 6.29 Å². The number of hydrogen-bond donors (Lipinski definition) is 0. The quantitative estimate of drug-likeness (QED) is 0.782. The van der Waals surface area contributed by atoms with Crippen molar-refractivity contribution in [2.45, 2.75) is 13.5 Å². The maximum atomic E-state index is 10.9. The summed E-state index contributed by atoms with van der Waals surface area (Å²) in [5.41, 5.74) is 1.56. The fraction of sp³-hybridized carbons (Fsp3) is 0.182. The third kappa shape index (κ3) is 2.45.